The van der Waals surface area contributed by atoms with E-state index in [0.29, 0.717) is 23.7 Å². The first-order valence-electron chi connectivity index (χ1n) is 13.3. The van der Waals surface area contributed by atoms with Crippen LogP contribution in [0.2, 0.25) is 0 Å². The topological polar surface area (TPSA) is 74.0 Å². The van der Waals surface area contributed by atoms with Crippen molar-refractivity contribution in [1.82, 2.24) is 19.0 Å². The Kier molecular flexibility index (Phi) is 6.82. The number of hydrogen-bond donors (Lipinski definition) is 2. The highest BCUT2D eigenvalue weighted by Gasteiger charge is 2.47. The summed E-state index contributed by atoms with van der Waals surface area (Å²) in [5, 5.41) is 4.68. The number of likely N-dealkylation sites (tertiary alicyclic amines) is 1. The van der Waals surface area contributed by atoms with Crippen LogP contribution in [0.1, 0.15) is 36.9 Å². The fourth-order valence-electron chi connectivity index (χ4n) is 6.30. The molecule has 3 aliphatic rings. The zero-order valence-electron chi connectivity index (χ0n) is 21.7. The lowest BCUT2D eigenvalue weighted by atomic mass is 9.68. The molecule has 6 rings (SSSR count). The molecular formula is C29H35FN4O3S. The van der Waals surface area contributed by atoms with Crippen LogP contribution >= 0.6 is 10.8 Å². The molecule has 0 radical (unpaired) electrons. The second-order valence-electron chi connectivity index (χ2n) is 10.7. The van der Waals surface area contributed by atoms with E-state index < -0.39 is 10.8 Å². The molecule has 202 valence electrons. The summed E-state index contributed by atoms with van der Waals surface area (Å²) in [6, 6.07) is 13.5. The highest BCUT2D eigenvalue weighted by atomic mass is 32.3. The van der Waals surface area contributed by atoms with Crippen LogP contribution in [-0.4, -0.2) is 67.9 Å². The lowest BCUT2D eigenvalue weighted by Crippen LogP contribution is -2.53. The van der Waals surface area contributed by atoms with Crippen molar-refractivity contribution in [2.24, 2.45) is 5.41 Å². The Morgan fingerprint density at radius 1 is 1.00 bits per heavy atom. The predicted octanol–water partition coefficient (Wildman–Crippen LogP) is 5.86. The highest BCUT2D eigenvalue weighted by molar-refractivity contribution is 8.22. The van der Waals surface area contributed by atoms with Gasteiger partial charge in [0.2, 0.25) is 0 Å². The van der Waals surface area contributed by atoms with Gasteiger partial charge in [-0.25, -0.2) is 13.4 Å². The fourth-order valence-corrected chi connectivity index (χ4v) is 7.87. The first-order chi connectivity index (χ1) is 18.4. The average Bonchev–Trinajstić information content (AvgIpc) is 3.34. The van der Waals surface area contributed by atoms with Crippen molar-refractivity contribution in [3.8, 4) is 11.4 Å². The third-order valence-electron chi connectivity index (χ3n) is 8.30. The highest BCUT2D eigenvalue weighted by Crippen LogP contribution is 2.57. The predicted molar refractivity (Wildman–Crippen MR) is 148 cm³/mol. The number of halogens is 1. The zero-order chi connectivity index (χ0) is 26.3. The number of hydrogen-bond acceptors (Lipinski definition) is 6. The van der Waals surface area contributed by atoms with Crippen molar-refractivity contribution in [3.63, 3.8) is 0 Å². The molecule has 0 unspecified atom stereocenters. The van der Waals surface area contributed by atoms with Crippen molar-refractivity contribution >= 4 is 16.9 Å². The lowest BCUT2D eigenvalue weighted by Gasteiger charge is -2.54. The number of methoxy groups -OCH3 is 1. The molecule has 2 saturated heterocycles. The molecule has 2 aromatic carbocycles. The Morgan fingerprint density at radius 3 is 2.45 bits per heavy atom. The molecule has 0 amide bonds. The molecule has 3 heterocycles. The third-order valence-corrected chi connectivity index (χ3v) is 10.2. The molecule has 1 aliphatic carbocycles. The number of benzene rings is 2. The molecular weight excluding hydrogens is 503 g/mol. The van der Waals surface area contributed by atoms with Crippen molar-refractivity contribution in [2.45, 2.75) is 37.0 Å². The van der Waals surface area contributed by atoms with Crippen LogP contribution in [0.3, 0.4) is 0 Å². The first kappa shape index (κ1) is 25.6. The van der Waals surface area contributed by atoms with Crippen molar-refractivity contribution in [1.29, 1.82) is 0 Å². The van der Waals surface area contributed by atoms with Crippen LogP contribution in [0.5, 0.6) is 5.75 Å². The Morgan fingerprint density at radius 2 is 1.74 bits per heavy atom. The van der Waals surface area contributed by atoms with Gasteiger partial charge in [-0.05, 0) is 98.9 Å². The number of fused-ring (bicyclic) bond motifs is 2. The quantitative estimate of drug-likeness (QED) is 0.409. The van der Waals surface area contributed by atoms with E-state index in [4.69, 9.17) is 4.74 Å². The smallest absolute Gasteiger partial charge is 0.123 e. The number of piperidine rings is 2. The summed E-state index contributed by atoms with van der Waals surface area (Å²) in [6.07, 6.45) is 9.38. The van der Waals surface area contributed by atoms with Gasteiger partial charge in [0, 0.05) is 25.0 Å². The van der Waals surface area contributed by atoms with Crippen LogP contribution in [0, 0.1) is 11.2 Å². The van der Waals surface area contributed by atoms with Crippen LogP contribution < -0.4 is 4.74 Å². The van der Waals surface area contributed by atoms with Crippen molar-refractivity contribution < 1.29 is 18.2 Å². The van der Waals surface area contributed by atoms with E-state index in [9.17, 15) is 13.5 Å². The number of nitrogens with zero attached hydrogens (tertiary/aromatic N) is 4. The SMILES string of the molecule is COc1ccc(S(O)(O)N2CCC3=Cc4c(cnn4-c4ccc(F)cc4)C[C@]3(CN3CCCCC3)C2)cc1. The van der Waals surface area contributed by atoms with Gasteiger partial charge in [-0.2, -0.15) is 5.10 Å². The summed E-state index contributed by atoms with van der Waals surface area (Å²) < 4.78 is 45.6. The summed E-state index contributed by atoms with van der Waals surface area (Å²) in [5.41, 5.74) is 4.10. The standard InChI is InChI=1S/C29H35FN4O3S/c1-37-26-9-11-27(12-10-26)38(35,36)33-16-13-23-17-28-22(19-31-34(28)25-7-5-24(30)6-8-25)18-29(23,21-33)20-32-14-3-2-4-15-32/h5-12,17,19,35-36H,2-4,13-16,18,20-21H2,1H3/t29-/m0/s1. The van der Waals surface area contributed by atoms with Gasteiger partial charge in [0.05, 0.1) is 29.6 Å². The van der Waals surface area contributed by atoms with Gasteiger partial charge in [0.15, 0.2) is 0 Å². The van der Waals surface area contributed by atoms with E-state index in [1.54, 1.807) is 43.5 Å². The Hall–Kier alpha value is -2.69. The molecule has 2 fully saturated rings. The second-order valence-corrected chi connectivity index (χ2v) is 12.7. The maximum atomic E-state index is 13.6. The molecule has 0 bridgehead atoms. The molecule has 1 aromatic heterocycles. The zero-order valence-corrected chi connectivity index (χ0v) is 22.5. The van der Waals surface area contributed by atoms with Crippen LogP contribution in [0.25, 0.3) is 11.8 Å². The van der Waals surface area contributed by atoms with Crippen LogP contribution in [0.15, 0.2) is 65.2 Å². The maximum Gasteiger partial charge on any atom is 0.123 e. The van der Waals surface area contributed by atoms with E-state index in [0.717, 1.165) is 49.4 Å². The van der Waals surface area contributed by atoms with Gasteiger partial charge in [0.1, 0.15) is 11.6 Å². The monoisotopic (exact) mass is 538 g/mol. The van der Waals surface area contributed by atoms with E-state index in [2.05, 4.69) is 16.1 Å². The average molecular weight is 539 g/mol. The van der Waals surface area contributed by atoms with Crippen molar-refractivity contribution in [2.75, 3.05) is 39.8 Å². The van der Waals surface area contributed by atoms with Crippen molar-refractivity contribution in [3.05, 3.63) is 77.4 Å². The minimum absolute atomic E-state index is 0.241. The van der Waals surface area contributed by atoms with Gasteiger partial charge in [-0.15, -0.1) is 10.8 Å². The summed E-state index contributed by atoms with van der Waals surface area (Å²) in [6.45, 7) is 4.15. The molecule has 0 spiro atoms. The number of aromatic nitrogens is 2. The number of ether oxygens (including phenoxy) is 1. The van der Waals surface area contributed by atoms with Crippen LogP contribution in [0.4, 0.5) is 4.39 Å². The van der Waals surface area contributed by atoms with Gasteiger partial charge >= 0.3 is 0 Å². The molecule has 2 N–H and O–H groups in total. The van der Waals surface area contributed by atoms with Gasteiger partial charge in [-0.1, -0.05) is 12.0 Å². The lowest BCUT2D eigenvalue weighted by molar-refractivity contribution is 0.110. The molecule has 1 atom stereocenters. The first-order valence-corrected chi connectivity index (χ1v) is 14.8. The largest absolute Gasteiger partial charge is 0.497 e. The minimum atomic E-state index is -3.16. The summed E-state index contributed by atoms with van der Waals surface area (Å²) in [5.74, 6) is 0.421. The summed E-state index contributed by atoms with van der Waals surface area (Å²) in [4.78, 5) is 3.06. The molecule has 9 heteroatoms. The van der Waals surface area contributed by atoms with Gasteiger partial charge < -0.3 is 9.64 Å². The molecule has 0 saturated carbocycles. The number of rotatable bonds is 6. The molecule has 38 heavy (non-hydrogen) atoms. The summed E-state index contributed by atoms with van der Waals surface area (Å²) in [7, 11) is -1.56. The van der Waals surface area contributed by atoms with E-state index in [-0.39, 0.29) is 11.2 Å². The van der Waals surface area contributed by atoms with E-state index in [1.165, 1.54) is 37.0 Å². The minimum Gasteiger partial charge on any atom is -0.497 e. The van der Waals surface area contributed by atoms with Crippen LogP contribution in [-0.2, 0) is 6.42 Å². The van der Waals surface area contributed by atoms with E-state index in [1.807, 2.05) is 15.2 Å². The third kappa shape index (κ3) is 4.67. The normalized spacial score (nSPS) is 22.9. The second kappa shape index (κ2) is 10.1. The summed E-state index contributed by atoms with van der Waals surface area (Å²) >= 11 is 0. The van der Waals surface area contributed by atoms with E-state index >= 15 is 0 Å². The molecule has 3 aromatic rings. The Labute approximate surface area is 225 Å². The fraction of sp³-hybridized carbons (Fsp3) is 0.414. The Balaban J connectivity index is 1.35. The maximum absolute atomic E-state index is 13.6. The van der Waals surface area contributed by atoms with Gasteiger partial charge in [0.25, 0.3) is 0 Å². The molecule has 7 nitrogen and oxygen atoms in total. The van der Waals surface area contributed by atoms with Gasteiger partial charge in [-0.3, -0.25) is 9.11 Å². The Bertz CT molecular complexity index is 1320. The molecule has 2 aliphatic heterocycles.